The molecule has 1 aliphatic heterocycles. The molecule has 3 heteroatoms. The van der Waals surface area contributed by atoms with Crippen molar-refractivity contribution in [2.45, 2.75) is 32.4 Å². The summed E-state index contributed by atoms with van der Waals surface area (Å²) in [6.07, 6.45) is 1.19. The second kappa shape index (κ2) is 4.19. The summed E-state index contributed by atoms with van der Waals surface area (Å²) in [5.41, 5.74) is 1.51. The topological polar surface area (TPSA) is 21.3 Å². The molecule has 0 aromatic heterocycles. The highest BCUT2D eigenvalue weighted by atomic mass is 19.1. The number of aryl methyl sites for hydroxylation is 1. The van der Waals surface area contributed by atoms with E-state index in [4.69, 9.17) is 4.74 Å². The Labute approximate surface area is 89.4 Å². The third kappa shape index (κ3) is 2.29. The van der Waals surface area contributed by atoms with E-state index in [1.807, 2.05) is 13.0 Å². The van der Waals surface area contributed by atoms with Gasteiger partial charge in [0.2, 0.25) is 0 Å². The molecule has 1 N–H and O–H groups in total. The van der Waals surface area contributed by atoms with E-state index in [2.05, 4.69) is 5.32 Å². The molecule has 15 heavy (non-hydrogen) atoms. The second-order valence-corrected chi connectivity index (χ2v) is 4.08. The summed E-state index contributed by atoms with van der Waals surface area (Å²) >= 11 is 0. The molecule has 2 rings (SSSR count). The van der Waals surface area contributed by atoms with Crippen LogP contribution in [0.15, 0.2) is 18.2 Å². The Bertz CT molecular complexity index is 353. The lowest BCUT2D eigenvalue weighted by atomic mass is 10.1. The number of nitrogens with one attached hydrogen (secondary N) is 1. The van der Waals surface area contributed by atoms with Gasteiger partial charge >= 0.3 is 0 Å². The third-order valence-electron chi connectivity index (χ3n) is 2.90. The number of hydrogen-bond acceptors (Lipinski definition) is 2. The number of halogens is 1. The molecule has 0 unspecified atom stereocenters. The summed E-state index contributed by atoms with van der Waals surface area (Å²) in [6, 6.07) is 5.54. The Balaban J connectivity index is 2.07. The summed E-state index contributed by atoms with van der Waals surface area (Å²) in [4.78, 5) is 0. The number of benzene rings is 1. The largest absolute Gasteiger partial charge is 0.380 e. The van der Waals surface area contributed by atoms with E-state index in [0.29, 0.717) is 11.6 Å². The van der Waals surface area contributed by atoms with E-state index in [1.54, 1.807) is 19.1 Å². The average molecular weight is 209 g/mol. The number of hydrogen-bond donors (Lipinski definition) is 1. The molecule has 1 aliphatic rings. The summed E-state index contributed by atoms with van der Waals surface area (Å²) in [5, 5.41) is 3.29. The molecule has 1 heterocycles. The molecular weight excluding hydrogens is 193 g/mol. The SMILES string of the molecule is Cc1ccc(N[C@H]2CCO[C@@H]2C)cc1F. The fourth-order valence-corrected chi connectivity index (χ4v) is 1.82. The third-order valence-corrected chi connectivity index (χ3v) is 2.90. The van der Waals surface area contributed by atoms with Crippen molar-refractivity contribution in [3.8, 4) is 0 Å². The first-order valence-corrected chi connectivity index (χ1v) is 5.31. The van der Waals surface area contributed by atoms with Crippen LogP contribution in [-0.2, 0) is 4.74 Å². The zero-order chi connectivity index (χ0) is 10.8. The van der Waals surface area contributed by atoms with Gasteiger partial charge in [0.05, 0.1) is 12.1 Å². The first kappa shape index (κ1) is 10.4. The summed E-state index contributed by atoms with van der Waals surface area (Å²) in [5.74, 6) is -0.161. The van der Waals surface area contributed by atoms with Crippen LogP contribution in [-0.4, -0.2) is 18.8 Å². The van der Waals surface area contributed by atoms with Crippen LogP contribution in [0.3, 0.4) is 0 Å². The van der Waals surface area contributed by atoms with Gasteiger partial charge in [-0.1, -0.05) is 6.07 Å². The van der Waals surface area contributed by atoms with Crippen LogP contribution in [0, 0.1) is 12.7 Å². The first-order chi connectivity index (χ1) is 7.16. The van der Waals surface area contributed by atoms with Gasteiger partial charge in [0.15, 0.2) is 0 Å². The predicted octanol–water partition coefficient (Wildman–Crippen LogP) is 2.72. The Morgan fingerprint density at radius 2 is 2.27 bits per heavy atom. The zero-order valence-electron chi connectivity index (χ0n) is 9.09. The van der Waals surface area contributed by atoms with Crippen LogP contribution in [0.1, 0.15) is 18.9 Å². The monoisotopic (exact) mass is 209 g/mol. The molecular formula is C12H16FNO. The molecule has 0 saturated carbocycles. The van der Waals surface area contributed by atoms with Gasteiger partial charge in [0, 0.05) is 12.3 Å². The standard InChI is InChI=1S/C12H16FNO/c1-8-3-4-10(7-11(8)13)14-12-5-6-15-9(12)2/h3-4,7,9,12,14H,5-6H2,1-2H3/t9-,12+/m1/s1. The van der Waals surface area contributed by atoms with Crippen LogP contribution in [0.2, 0.25) is 0 Å². The summed E-state index contributed by atoms with van der Waals surface area (Å²) in [6.45, 7) is 4.59. The number of anilines is 1. The lowest BCUT2D eigenvalue weighted by Crippen LogP contribution is -2.26. The lowest BCUT2D eigenvalue weighted by Gasteiger charge is -2.17. The van der Waals surface area contributed by atoms with Crippen LogP contribution >= 0.6 is 0 Å². The van der Waals surface area contributed by atoms with Gasteiger partial charge in [-0.05, 0) is 38.0 Å². The van der Waals surface area contributed by atoms with E-state index in [9.17, 15) is 4.39 Å². The first-order valence-electron chi connectivity index (χ1n) is 5.31. The molecule has 0 radical (unpaired) electrons. The fraction of sp³-hybridized carbons (Fsp3) is 0.500. The highest BCUT2D eigenvalue weighted by molar-refractivity contribution is 5.46. The molecule has 2 nitrogen and oxygen atoms in total. The van der Waals surface area contributed by atoms with Gasteiger partial charge in [-0.3, -0.25) is 0 Å². The van der Waals surface area contributed by atoms with E-state index < -0.39 is 0 Å². The Morgan fingerprint density at radius 1 is 1.47 bits per heavy atom. The maximum Gasteiger partial charge on any atom is 0.128 e. The molecule has 1 aromatic carbocycles. The van der Waals surface area contributed by atoms with Gasteiger partial charge in [-0.25, -0.2) is 4.39 Å². The Morgan fingerprint density at radius 3 is 2.87 bits per heavy atom. The van der Waals surface area contributed by atoms with Crippen LogP contribution in [0.25, 0.3) is 0 Å². The van der Waals surface area contributed by atoms with Crippen molar-refractivity contribution < 1.29 is 9.13 Å². The second-order valence-electron chi connectivity index (χ2n) is 4.08. The minimum Gasteiger partial charge on any atom is -0.380 e. The highest BCUT2D eigenvalue weighted by Gasteiger charge is 2.23. The van der Waals surface area contributed by atoms with Gasteiger partial charge in [0.1, 0.15) is 5.82 Å². The van der Waals surface area contributed by atoms with Crippen LogP contribution in [0.5, 0.6) is 0 Å². The molecule has 0 spiro atoms. The quantitative estimate of drug-likeness (QED) is 0.808. The van der Waals surface area contributed by atoms with Crippen molar-refractivity contribution in [1.29, 1.82) is 0 Å². The predicted molar refractivity (Wildman–Crippen MR) is 58.6 cm³/mol. The van der Waals surface area contributed by atoms with E-state index in [0.717, 1.165) is 18.7 Å². The molecule has 1 aromatic rings. The molecule has 0 aliphatic carbocycles. The Kier molecular flexibility index (Phi) is 2.91. The molecule has 0 amide bonds. The average Bonchev–Trinajstić information content (AvgIpc) is 2.59. The van der Waals surface area contributed by atoms with Crippen molar-refractivity contribution in [3.05, 3.63) is 29.6 Å². The summed E-state index contributed by atoms with van der Waals surface area (Å²) in [7, 11) is 0. The minimum absolute atomic E-state index is 0.161. The van der Waals surface area contributed by atoms with Crippen molar-refractivity contribution in [2.75, 3.05) is 11.9 Å². The molecule has 82 valence electrons. The van der Waals surface area contributed by atoms with E-state index in [-0.39, 0.29) is 11.9 Å². The van der Waals surface area contributed by atoms with Crippen molar-refractivity contribution in [3.63, 3.8) is 0 Å². The smallest absolute Gasteiger partial charge is 0.128 e. The van der Waals surface area contributed by atoms with Gasteiger partial charge in [-0.15, -0.1) is 0 Å². The van der Waals surface area contributed by atoms with Gasteiger partial charge in [0.25, 0.3) is 0 Å². The zero-order valence-corrected chi connectivity index (χ0v) is 9.09. The molecule has 0 bridgehead atoms. The molecule has 2 atom stereocenters. The van der Waals surface area contributed by atoms with Crippen molar-refractivity contribution in [1.82, 2.24) is 0 Å². The maximum atomic E-state index is 13.3. The van der Waals surface area contributed by atoms with Gasteiger partial charge in [-0.2, -0.15) is 0 Å². The van der Waals surface area contributed by atoms with Crippen molar-refractivity contribution >= 4 is 5.69 Å². The summed E-state index contributed by atoms with van der Waals surface area (Å²) < 4.78 is 18.7. The van der Waals surface area contributed by atoms with E-state index >= 15 is 0 Å². The van der Waals surface area contributed by atoms with Gasteiger partial charge < -0.3 is 10.1 Å². The highest BCUT2D eigenvalue weighted by Crippen LogP contribution is 2.20. The number of ether oxygens (including phenoxy) is 1. The Hall–Kier alpha value is -1.09. The normalized spacial score (nSPS) is 25.5. The molecule has 1 saturated heterocycles. The van der Waals surface area contributed by atoms with E-state index in [1.165, 1.54) is 0 Å². The van der Waals surface area contributed by atoms with Crippen molar-refractivity contribution in [2.24, 2.45) is 0 Å². The van der Waals surface area contributed by atoms with Crippen LogP contribution in [0.4, 0.5) is 10.1 Å². The molecule has 1 fully saturated rings. The fourth-order valence-electron chi connectivity index (χ4n) is 1.82. The lowest BCUT2D eigenvalue weighted by molar-refractivity contribution is 0.121. The minimum atomic E-state index is -0.161. The number of rotatable bonds is 2. The maximum absolute atomic E-state index is 13.3. The van der Waals surface area contributed by atoms with Crippen LogP contribution < -0.4 is 5.32 Å².